The van der Waals surface area contributed by atoms with E-state index in [0.29, 0.717) is 0 Å². The van der Waals surface area contributed by atoms with Crippen molar-refractivity contribution < 1.29 is 5.11 Å². The molecule has 0 amide bonds. The van der Waals surface area contributed by atoms with Gasteiger partial charge < -0.3 is 5.11 Å². The van der Waals surface area contributed by atoms with E-state index >= 15 is 0 Å². The van der Waals surface area contributed by atoms with E-state index in [1.807, 2.05) is 0 Å². The summed E-state index contributed by atoms with van der Waals surface area (Å²) < 4.78 is 0. The lowest BCUT2D eigenvalue weighted by Gasteiger charge is -1.73. The Morgan fingerprint density at radius 3 is 2.20 bits per heavy atom. The number of aliphatic hydroxyl groups excluding tert-OH is 1. The monoisotopic (exact) mass is 92.0 g/mol. The van der Waals surface area contributed by atoms with Gasteiger partial charge in [-0.3, -0.25) is 0 Å². The van der Waals surface area contributed by atoms with Crippen molar-refractivity contribution >= 4 is 11.6 Å². The minimum atomic E-state index is 0.145. The third-order valence-corrected chi connectivity index (χ3v) is 0.474. The van der Waals surface area contributed by atoms with Crippen LogP contribution in [0.4, 0.5) is 0 Å². The SMILES string of the molecule is C/C(O)=C\Cl. The summed E-state index contributed by atoms with van der Waals surface area (Å²) in [7, 11) is 0. The molecule has 0 unspecified atom stereocenters. The number of allylic oxidation sites excluding steroid dienone is 1. The van der Waals surface area contributed by atoms with E-state index in [9.17, 15) is 0 Å². The van der Waals surface area contributed by atoms with E-state index in [-0.39, 0.29) is 5.76 Å². The molecule has 0 rings (SSSR count). The first-order valence-corrected chi connectivity index (χ1v) is 1.67. The summed E-state index contributed by atoms with van der Waals surface area (Å²) in [6.45, 7) is 1.51. The highest BCUT2D eigenvalue weighted by atomic mass is 35.5. The normalized spacial score (nSPS) is 12.0. The van der Waals surface area contributed by atoms with Crippen molar-refractivity contribution in [2.75, 3.05) is 0 Å². The van der Waals surface area contributed by atoms with Gasteiger partial charge in [0.15, 0.2) is 0 Å². The van der Waals surface area contributed by atoms with E-state index < -0.39 is 0 Å². The fourth-order valence-electron chi connectivity index (χ4n) is 0. The van der Waals surface area contributed by atoms with Gasteiger partial charge in [0.25, 0.3) is 0 Å². The Kier molecular flexibility index (Phi) is 2.02. The molecule has 30 valence electrons. The molecule has 5 heavy (non-hydrogen) atoms. The van der Waals surface area contributed by atoms with Gasteiger partial charge in [-0.1, -0.05) is 11.6 Å². The molecule has 0 bridgehead atoms. The maximum atomic E-state index is 8.09. The molecule has 1 N–H and O–H groups in total. The van der Waals surface area contributed by atoms with Crippen LogP contribution in [0.3, 0.4) is 0 Å². The minimum absolute atomic E-state index is 0.145. The summed E-state index contributed by atoms with van der Waals surface area (Å²) in [5.41, 5.74) is 1.11. The Hall–Kier alpha value is -0.170. The summed E-state index contributed by atoms with van der Waals surface area (Å²) in [5, 5.41) is 8.09. The van der Waals surface area contributed by atoms with Crippen LogP contribution in [0.1, 0.15) is 6.92 Å². The van der Waals surface area contributed by atoms with Gasteiger partial charge in [0.1, 0.15) is 5.76 Å². The predicted octanol–water partition coefficient (Wildman–Crippen LogP) is 1.64. The zero-order chi connectivity index (χ0) is 4.28. The molecule has 0 heterocycles. The first kappa shape index (κ1) is 4.83. The van der Waals surface area contributed by atoms with Crippen LogP contribution in [0.15, 0.2) is 11.3 Å². The second kappa shape index (κ2) is 2.09. The number of hydrogen-bond donors (Lipinski definition) is 1. The van der Waals surface area contributed by atoms with Gasteiger partial charge in [0.2, 0.25) is 0 Å². The highest BCUT2D eigenvalue weighted by Crippen LogP contribution is 1.84. The fraction of sp³-hybridized carbons (Fsp3) is 0.333. The van der Waals surface area contributed by atoms with Gasteiger partial charge in [0.05, 0.1) is 0 Å². The van der Waals surface area contributed by atoms with Gasteiger partial charge in [-0.15, -0.1) is 0 Å². The maximum absolute atomic E-state index is 8.09. The molecule has 1 nitrogen and oxygen atoms in total. The standard InChI is InChI=1S/C3H5ClO/c1-3(5)2-4/h2,5H,1H3/b3-2+. The molecule has 0 aromatic heterocycles. The van der Waals surface area contributed by atoms with Crippen molar-refractivity contribution in [1.82, 2.24) is 0 Å². The van der Waals surface area contributed by atoms with E-state index in [2.05, 4.69) is 0 Å². The van der Waals surface area contributed by atoms with Crippen LogP contribution in [0.2, 0.25) is 0 Å². The van der Waals surface area contributed by atoms with Crippen molar-refractivity contribution in [1.29, 1.82) is 0 Å². The van der Waals surface area contributed by atoms with E-state index in [0.717, 1.165) is 5.54 Å². The average molecular weight is 92.5 g/mol. The summed E-state index contributed by atoms with van der Waals surface area (Å²) in [6, 6.07) is 0. The van der Waals surface area contributed by atoms with Crippen molar-refractivity contribution in [2.24, 2.45) is 0 Å². The van der Waals surface area contributed by atoms with Gasteiger partial charge in [-0.25, -0.2) is 0 Å². The second-order valence-corrected chi connectivity index (χ2v) is 0.969. The van der Waals surface area contributed by atoms with Crippen molar-refractivity contribution in [2.45, 2.75) is 6.92 Å². The molecule has 0 saturated heterocycles. The Bertz CT molecular complexity index is 44.9. The Morgan fingerprint density at radius 1 is 2.00 bits per heavy atom. The van der Waals surface area contributed by atoms with Crippen LogP contribution >= 0.6 is 11.6 Å². The van der Waals surface area contributed by atoms with Gasteiger partial charge >= 0.3 is 0 Å². The molecule has 0 spiro atoms. The summed E-state index contributed by atoms with van der Waals surface area (Å²) >= 11 is 4.92. The van der Waals surface area contributed by atoms with Crippen LogP contribution in [-0.2, 0) is 0 Å². The minimum Gasteiger partial charge on any atom is -0.512 e. The van der Waals surface area contributed by atoms with Crippen LogP contribution in [0.25, 0.3) is 0 Å². The smallest absolute Gasteiger partial charge is 0.100 e. The highest BCUT2D eigenvalue weighted by molar-refractivity contribution is 6.25. The van der Waals surface area contributed by atoms with Crippen LogP contribution in [0, 0.1) is 0 Å². The van der Waals surface area contributed by atoms with Gasteiger partial charge in [-0.05, 0) is 6.92 Å². The largest absolute Gasteiger partial charge is 0.512 e. The maximum Gasteiger partial charge on any atom is 0.100 e. The average Bonchev–Trinajstić information content (AvgIpc) is 1.38. The van der Waals surface area contributed by atoms with Crippen LogP contribution in [-0.4, -0.2) is 5.11 Å². The number of rotatable bonds is 0. The lowest BCUT2D eigenvalue weighted by molar-refractivity contribution is 0.416. The third kappa shape index (κ3) is 3.83. The third-order valence-electron chi connectivity index (χ3n) is 0.158. The predicted molar refractivity (Wildman–Crippen MR) is 22.2 cm³/mol. The molecule has 0 saturated carbocycles. The van der Waals surface area contributed by atoms with Crippen molar-refractivity contribution in [3.8, 4) is 0 Å². The molecule has 0 aliphatic rings. The van der Waals surface area contributed by atoms with E-state index in [1.165, 1.54) is 6.92 Å². The summed E-state index contributed by atoms with van der Waals surface area (Å²) in [5.74, 6) is 0.145. The molecule has 0 aliphatic heterocycles. The Balaban J connectivity index is 3.14. The van der Waals surface area contributed by atoms with Crippen molar-refractivity contribution in [3.63, 3.8) is 0 Å². The molecule has 0 atom stereocenters. The lowest BCUT2D eigenvalue weighted by Crippen LogP contribution is -1.58. The molecule has 0 aliphatic carbocycles. The number of aliphatic hydroxyl groups is 1. The zero-order valence-electron chi connectivity index (χ0n) is 2.90. The molecule has 0 radical (unpaired) electrons. The Morgan fingerprint density at radius 2 is 2.20 bits per heavy atom. The summed E-state index contributed by atoms with van der Waals surface area (Å²) in [4.78, 5) is 0. The van der Waals surface area contributed by atoms with Gasteiger partial charge in [-0.2, -0.15) is 0 Å². The van der Waals surface area contributed by atoms with E-state index in [4.69, 9.17) is 16.7 Å². The Labute approximate surface area is 35.9 Å². The van der Waals surface area contributed by atoms with Crippen molar-refractivity contribution in [3.05, 3.63) is 11.3 Å². The molecule has 0 aromatic carbocycles. The zero-order valence-corrected chi connectivity index (χ0v) is 3.66. The van der Waals surface area contributed by atoms with Crippen LogP contribution in [0.5, 0.6) is 0 Å². The number of hydrogen-bond acceptors (Lipinski definition) is 1. The van der Waals surface area contributed by atoms with Crippen LogP contribution < -0.4 is 0 Å². The highest BCUT2D eigenvalue weighted by Gasteiger charge is 1.65. The first-order valence-electron chi connectivity index (χ1n) is 1.23. The molecular formula is C3H5ClO. The number of halogens is 1. The molecule has 0 fully saturated rings. The van der Waals surface area contributed by atoms with Gasteiger partial charge in [0, 0.05) is 5.54 Å². The topological polar surface area (TPSA) is 20.2 Å². The molecule has 2 heteroatoms. The first-order chi connectivity index (χ1) is 2.27. The molecule has 0 aromatic rings. The lowest BCUT2D eigenvalue weighted by atomic mass is 10.7. The second-order valence-electron chi connectivity index (χ2n) is 0.750. The summed E-state index contributed by atoms with van der Waals surface area (Å²) in [6.07, 6.45) is 0. The molecular weight excluding hydrogens is 87.5 g/mol. The quantitative estimate of drug-likeness (QED) is 0.451. The van der Waals surface area contributed by atoms with E-state index in [1.54, 1.807) is 0 Å². The fourth-order valence-corrected chi connectivity index (χ4v) is 0.